The Hall–Kier alpha value is -1.34. The number of fused-ring (bicyclic) bond motifs is 1. The number of rotatable bonds is 3. The number of carbonyl (C=O) groups excluding carboxylic acids is 1. The minimum absolute atomic E-state index is 0.134. The van der Waals surface area contributed by atoms with Crippen molar-refractivity contribution in [3.63, 3.8) is 0 Å². The van der Waals surface area contributed by atoms with Gasteiger partial charge in [0.05, 0.1) is 12.0 Å². The topological polar surface area (TPSA) is 84.2 Å². The summed E-state index contributed by atoms with van der Waals surface area (Å²) in [7, 11) is 0. The fourth-order valence-corrected chi connectivity index (χ4v) is 2.76. The first kappa shape index (κ1) is 13.1. The van der Waals surface area contributed by atoms with Crippen LogP contribution in [0, 0.1) is 5.92 Å². The van der Waals surface area contributed by atoms with Crippen LogP contribution in [-0.4, -0.2) is 39.0 Å². The molecule has 0 fully saturated rings. The summed E-state index contributed by atoms with van der Waals surface area (Å²) in [6.45, 7) is 2.19. The molecule has 0 spiro atoms. The predicted octanol–water partition coefficient (Wildman–Crippen LogP) is -0.538. The smallest absolute Gasteiger partial charge is 0.254 e. The van der Waals surface area contributed by atoms with E-state index in [4.69, 9.17) is 5.11 Å². The van der Waals surface area contributed by atoms with Gasteiger partial charge in [0.2, 0.25) is 5.91 Å². The van der Waals surface area contributed by atoms with E-state index in [0.717, 1.165) is 0 Å². The lowest BCUT2D eigenvalue weighted by Crippen LogP contribution is -2.41. The van der Waals surface area contributed by atoms with E-state index in [1.54, 1.807) is 6.92 Å². The summed E-state index contributed by atoms with van der Waals surface area (Å²) in [4.78, 5) is 27.6. The van der Waals surface area contributed by atoms with Crippen molar-refractivity contribution in [2.45, 2.75) is 24.7 Å². The number of nitrogens with zero attached hydrogens (tertiary/aromatic N) is 2. The van der Waals surface area contributed by atoms with Crippen molar-refractivity contribution < 1.29 is 9.90 Å². The van der Waals surface area contributed by atoms with Crippen LogP contribution in [0.25, 0.3) is 0 Å². The van der Waals surface area contributed by atoms with Gasteiger partial charge in [-0.15, -0.1) is 0 Å². The third kappa shape index (κ3) is 2.91. The number of carbonyl (C=O) groups is 1. The highest BCUT2D eigenvalue weighted by Crippen LogP contribution is 2.24. The maximum absolute atomic E-state index is 11.9. The second-order valence-electron chi connectivity index (χ2n) is 4.28. The first-order valence-corrected chi connectivity index (χ1v) is 6.71. The second-order valence-corrected chi connectivity index (χ2v) is 5.27. The summed E-state index contributed by atoms with van der Waals surface area (Å²) in [6, 6.07) is 1.39. The molecule has 0 saturated carbocycles. The summed E-state index contributed by atoms with van der Waals surface area (Å²) in [5.41, 5.74) is -0.138. The van der Waals surface area contributed by atoms with Gasteiger partial charge in [-0.2, -0.15) is 0 Å². The Morgan fingerprint density at radius 2 is 2.56 bits per heavy atom. The van der Waals surface area contributed by atoms with Crippen LogP contribution < -0.4 is 10.9 Å². The van der Waals surface area contributed by atoms with E-state index in [-0.39, 0.29) is 23.9 Å². The zero-order chi connectivity index (χ0) is 13.1. The van der Waals surface area contributed by atoms with Gasteiger partial charge in [-0.1, -0.05) is 11.8 Å². The van der Waals surface area contributed by atoms with Gasteiger partial charge in [0.15, 0.2) is 5.16 Å². The van der Waals surface area contributed by atoms with Crippen molar-refractivity contribution in [1.29, 1.82) is 0 Å². The average Bonchev–Trinajstić information content (AvgIpc) is 2.36. The summed E-state index contributed by atoms with van der Waals surface area (Å²) in [6.07, 6.45) is 0.913. The lowest BCUT2D eigenvalue weighted by atomic mass is 10.1. The molecule has 0 aromatic carbocycles. The molecule has 2 unspecified atom stereocenters. The number of aliphatic hydroxyl groups is 1. The summed E-state index contributed by atoms with van der Waals surface area (Å²) in [5, 5.41) is 12.4. The van der Waals surface area contributed by atoms with E-state index in [0.29, 0.717) is 17.5 Å². The molecule has 0 radical (unpaired) electrons. The minimum atomic E-state index is -0.568. The van der Waals surface area contributed by atoms with Crippen molar-refractivity contribution in [2.24, 2.45) is 5.92 Å². The Morgan fingerprint density at radius 1 is 1.78 bits per heavy atom. The van der Waals surface area contributed by atoms with Crippen molar-refractivity contribution in [3.8, 4) is 0 Å². The molecule has 1 aromatic heterocycles. The molecule has 6 nitrogen and oxygen atoms in total. The molecule has 1 aliphatic heterocycles. The fourth-order valence-electron chi connectivity index (χ4n) is 1.70. The number of hydrogen-bond donors (Lipinski definition) is 2. The maximum atomic E-state index is 11.9. The normalized spacial score (nSPS) is 20.0. The van der Waals surface area contributed by atoms with E-state index < -0.39 is 6.10 Å². The average molecular weight is 269 g/mol. The maximum Gasteiger partial charge on any atom is 0.254 e. The molecule has 2 N–H and O–H groups in total. The third-order valence-electron chi connectivity index (χ3n) is 2.66. The largest absolute Gasteiger partial charge is 0.392 e. The second kappa shape index (κ2) is 5.53. The molecule has 1 aromatic rings. The molecule has 1 amide bonds. The van der Waals surface area contributed by atoms with Crippen molar-refractivity contribution in [3.05, 3.63) is 22.6 Å². The molecule has 18 heavy (non-hydrogen) atoms. The van der Waals surface area contributed by atoms with E-state index in [1.165, 1.54) is 28.6 Å². The van der Waals surface area contributed by atoms with Gasteiger partial charge >= 0.3 is 0 Å². The highest BCUT2D eigenvalue weighted by Gasteiger charge is 2.26. The van der Waals surface area contributed by atoms with Gasteiger partial charge in [-0.3, -0.25) is 14.2 Å². The molecule has 0 saturated heterocycles. The minimum Gasteiger partial charge on any atom is -0.392 e. The molecule has 98 valence electrons. The van der Waals surface area contributed by atoms with Gasteiger partial charge in [0, 0.05) is 31.1 Å². The quantitative estimate of drug-likeness (QED) is 0.720. The van der Waals surface area contributed by atoms with Crippen molar-refractivity contribution in [2.75, 3.05) is 12.3 Å². The summed E-state index contributed by atoms with van der Waals surface area (Å²) >= 11 is 1.40. The Morgan fingerprint density at radius 3 is 3.28 bits per heavy atom. The Labute approximate surface area is 108 Å². The number of aromatic nitrogens is 2. The summed E-state index contributed by atoms with van der Waals surface area (Å²) in [5.74, 6) is 0.204. The number of nitrogens with one attached hydrogen (secondary N) is 1. The molecule has 0 aliphatic carbocycles. The van der Waals surface area contributed by atoms with Gasteiger partial charge in [-0.05, 0) is 6.92 Å². The first-order chi connectivity index (χ1) is 8.58. The van der Waals surface area contributed by atoms with E-state index in [1.807, 2.05) is 0 Å². The van der Waals surface area contributed by atoms with Crippen LogP contribution in [0.1, 0.15) is 6.92 Å². The number of amides is 1. The number of hydrogen-bond acceptors (Lipinski definition) is 5. The molecule has 2 heterocycles. The number of aliphatic hydroxyl groups excluding tert-OH is 1. The molecular weight excluding hydrogens is 254 g/mol. The Balaban J connectivity index is 2.05. The van der Waals surface area contributed by atoms with Crippen LogP contribution in [0.4, 0.5) is 0 Å². The van der Waals surface area contributed by atoms with Gasteiger partial charge < -0.3 is 10.4 Å². The first-order valence-electron chi connectivity index (χ1n) is 5.72. The van der Waals surface area contributed by atoms with E-state index >= 15 is 0 Å². The zero-order valence-electron chi connectivity index (χ0n) is 10.00. The summed E-state index contributed by atoms with van der Waals surface area (Å²) < 4.78 is 1.51. The Kier molecular flexibility index (Phi) is 4.03. The number of thioether (sulfide) groups is 1. The zero-order valence-corrected chi connectivity index (χ0v) is 10.8. The van der Waals surface area contributed by atoms with Crippen LogP contribution in [0.2, 0.25) is 0 Å². The van der Waals surface area contributed by atoms with Crippen LogP contribution in [0.3, 0.4) is 0 Å². The third-order valence-corrected chi connectivity index (χ3v) is 3.81. The SMILES string of the molecule is CC(O)CNC(=O)C1CSc2nccc(=O)n2C1. The van der Waals surface area contributed by atoms with Crippen molar-refractivity contribution >= 4 is 17.7 Å². The van der Waals surface area contributed by atoms with Gasteiger partial charge in [0.25, 0.3) is 5.56 Å². The Bertz CT molecular complexity index is 501. The molecule has 1 aliphatic rings. The van der Waals surface area contributed by atoms with Crippen LogP contribution in [0.5, 0.6) is 0 Å². The highest BCUT2D eigenvalue weighted by atomic mass is 32.2. The van der Waals surface area contributed by atoms with Crippen LogP contribution in [0.15, 0.2) is 22.2 Å². The van der Waals surface area contributed by atoms with Gasteiger partial charge in [0.1, 0.15) is 0 Å². The van der Waals surface area contributed by atoms with Crippen LogP contribution in [-0.2, 0) is 11.3 Å². The van der Waals surface area contributed by atoms with E-state index in [2.05, 4.69) is 10.3 Å². The lowest BCUT2D eigenvalue weighted by molar-refractivity contribution is -0.125. The molecule has 7 heteroatoms. The molecular formula is C11H15N3O3S. The fraction of sp³-hybridized carbons (Fsp3) is 0.545. The molecule has 2 atom stereocenters. The van der Waals surface area contributed by atoms with Gasteiger partial charge in [-0.25, -0.2) is 4.98 Å². The lowest BCUT2D eigenvalue weighted by Gasteiger charge is -2.24. The molecule has 2 rings (SSSR count). The van der Waals surface area contributed by atoms with Crippen molar-refractivity contribution in [1.82, 2.24) is 14.9 Å². The monoisotopic (exact) mass is 269 g/mol. The standard InChI is InChI=1S/C11H15N3O3S/c1-7(15)4-13-10(17)8-5-14-9(16)2-3-12-11(14)18-6-8/h2-3,7-8,15H,4-6H2,1H3,(H,13,17). The molecule has 0 bridgehead atoms. The van der Waals surface area contributed by atoms with E-state index in [9.17, 15) is 9.59 Å². The highest BCUT2D eigenvalue weighted by molar-refractivity contribution is 7.99. The van der Waals surface area contributed by atoms with Crippen LogP contribution >= 0.6 is 11.8 Å². The predicted molar refractivity (Wildman–Crippen MR) is 67.4 cm³/mol.